The van der Waals surface area contributed by atoms with Crippen molar-refractivity contribution >= 4 is 17.0 Å². The highest BCUT2D eigenvalue weighted by Crippen LogP contribution is 2.33. The summed E-state index contributed by atoms with van der Waals surface area (Å²) in [6.45, 7) is 8.88. The number of carbonyl (C=O) groups excluding carboxylic acids is 1. The molecule has 1 aliphatic heterocycles. The van der Waals surface area contributed by atoms with Crippen LogP contribution < -0.4 is 0 Å². The molecule has 0 aliphatic carbocycles. The van der Waals surface area contributed by atoms with Crippen LogP contribution in [0.5, 0.6) is 0 Å². The molecule has 30 heavy (non-hydrogen) atoms. The molecule has 4 rings (SSSR count). The highest BCUT2D eigenvalue weighted by molar-refractivity contribution is 5.89. The summed E-state index contributed by atoms with van der Waals surface area (Å²) >= 11 is 0. The Morgan fingerprint density at radius 2 is 1.87 bits per heavy atom. The van der Waals surface area contributed by atoms with Gasteiger partial charge in [0.25, 0.3) is 0 Å². The van der Waals surface area contributed by atoms with E-state index in [0.29, 0.717) is 11.5 Å². The molecule has 0 radical (unpaired) electrons. The van der Waals surface area contributed by atoms with Crippen molar-refractivity contribution in [3.63, 3.8) is 0 Å². The van der Waals surface area contributed by atoms with Crippen molar-refractivity contribution in [2.24, 2.45) is 5.92 Å². The molecular weight excluding hydrogens is 374 g/mol. The second-order valence-corrected chi connectivity index (χ2v) is 8.74. The van der Waals surface area contributed by atoms with Gasteiger partial charge in [0.15, 0.2) is 0 Å². The summed E-state index contributed by atoms with van der Waals surface area (Å²) in [5.74, 6) is 1.03. The highest BCUT2D eigenvalue weighted by Gasteiger charge is 2.23. The molecule has 0 bridgehead atoms. The molecule has 3 aromatic rings. The predicted molar refractivity (Wildman–Crippen MR) is 120 cm³/mol. The van der Waals surface area contributed by atoms with E-state index in [2.05, 4.69) is 46.6 Å². The maximum atomic E-state index is 11.6. The van der Waals surface area contributed by atoms with Gasteiger partial charge in [-0.3, -0.25) is 0 Å². The highest BCUT2D eigenvalue weighted by atomic mass is 16.5. The molecule has 1 saturated heterocycles. The van der Waals surface area contributed by atoms with E-state index in [1.165, 1.54) is 50.5 Å². The minimum Gasteiger partial charge on any atom is -0.465 e. The molecule has 158 valence electrons. The molecule has 0 atom stereocenters. The van der Waals surface area contributed by atoms with Crippen LogP contribution in [0.3, 0.4) is 0 Å². The maximum Gasteiger partial charge on any atom is 0.337 e. The molecule has 1 aliphatic rings. The molecule has 0 spiro atoms. The lowest BCUT2D eigenvalue weighted by atomic mass is 9.88. The van der Waals surface area contributed by atoms with Gasteiger partial charge in [0.05, 0.1) is 12.7 Å². The smallest absolute Gasteiger partial charge is 0.337 e. The number of ether oxygens (including phenoxy) is 1. The Bertz CT molecular complexity index is 999. The Morgan fingerprint density at radius 3 is 2.53 bits per heavy atom. The number of hydrogen-bond acceptors (Lipinski definition) is 4. The normalized spacial score (nSPS) is 15.7. The SMILES string of the molecule is COC(=O)c1ccc(Cn2ccc3c(C4CCN(CC(C)C)CC4)ccnc32)cc1. The number of carbonyl (C=O) groups is 1. The Morgan fingerprint density at radius 1 is 1.13 bits per heavy atom. The fourth-order valence-electron chi connectivity index (χ4n) is 4.60. The van der Waals surface area contributed by atoms with E-state index in [1.54, 1.807) is 0 Å². The zero-order valence-corrected chi connectivity index (χ0v) is 18.2. The van der Waals surface area contributed by atoms with Gasteiger partial charge in [-0.15, -0.1) is 0 Å². The third-order valence-electron chi connectivity index (χ3n) is 6.07. The minimum absolute atomic E-state index is 0.307. The molecule has 0 unspecified atom stereocenters. The van der Waals surface area contributed by atoms with Crippen LogP contribution in [0.2, 0.25) is 0 Å². The Labute approximate surface area is 178 Å². The number of benzene rings is 1. The zero-order chi connectivity index (χ0) is 21.1. The summed E-state index contributed by atoms with van der Waals surface area (Å²) in [5.41, 5.74) is 4.18. The monoisotopic (exact) mass is 405 g/mol. The van der Waals surface area contributed by atoms with Crippen molar-refractivity contribution in [1.29, 1.82) is 0 Å². The van der Waals surface area contributed by atoms with Crippen molar-refractivity contribution in [3.05, 3.63) is 65.5 Å². The van der Waals surface area contributed by atoms with Gasteiger partial charge in [0.2, 0.25) is 0 Å². The number of aromatic nitrogens is 2. The number of hydrogen-bond donors (Lipinski definition) is 0. The van der Waals surface area contributed by atoms with E-state index in [-0.39, 0.29) is 5.97 Å². The van der Waals surface area contributed by atoms with Gasteiger partial charge in [-0.1, -0.05) is 26.0 Å². The summed E-state index contributed by atoms with van der Waals surface area (Å²) in [6, 6.07) is 12.0. The van der Waals surface area contributed by atoms with Gasteiger partial charge in [0.1, 0.15) is 5.65 Å². The first-order valence-electron chi connectivity index (χ1n) is 10.9. The van der Waals surface area contributed by atoms with Gasteiger partial charge in [-0.2, -0.15) is 0 Å². The summed E-state index contributed by atoms with van der Waals surface area (Å²) in [4.78, 5) is 18.9. The van der Waals surface area contributed by atoms with E-state index in [1.807, 2.05) is 30.5 Å². The second kappa shape index (κ2) is 9.00. The van der Waals surface area contributed by atoms with Crippen LogP contribution in [0.25, 0.3) is 11.0 Å². The number of likely N-dealkylation sites (tertiary alicyclic amines) is 1. The zero-order valence-electron chi connectivity index (χ0n) is 18.2. The van der Waals surface area contributed by atoms with Gasteiger partial charge in [-0.05, 0) is 73.2 Å². The Kier molecular flexibility index (Phi) is 6.18. The van der Waals surface area contributed by atoms with Gasteiger partial charge < -0.3 is 14.2 Å². The molecule has 0 N–H and O–H groups in total. The topological polar surface area (TPSA) is 47.4 Å². The molecule has 5 heteroatoms. The van der Waals surface area contributed by atoms with Crippen LogP contribution in [-0.4, -0.2) is 47.2 Å². The number of pyridine rings is 1. The first-order chi connectivity index (χ1) is 14.5. The molecule has 3 heterocycles. The van der Waals surface area contributed by atoms with E-state index in [4.69, 9.17) is 4.74 Å². The summed E-state index contributed by atoms with van der Waals surface area (Å²) in [5, 5.41) is 1.27. The molecule has 2 aromatic heterocycles. The van der Waals surface area contributed by atoms with Crippen LogP contribution in [0.15, 0.2) is 48.8 Å². The van der Waals surface area contributed by atoms with Crippen LogP contribution in [0, 0.1) is 5.92 Å². The van der Waals surface area contributed by atoms with Crippen molar-refractivity contribution < 1.29 is 9.53 Å². The lowest BCUT2D eigenvalue weighted by Crippen LogP contribution is -2.35. The average Bonchev–Trinajstić information content (AvgIpc) is 3.17. The number of rotatable bonds is 6. The van der Waals surface area contributed by atoms with Crippen LogP contribution >= 0.6 is 0 Å². The third-order valence-corrected chi connectivity index (χ3v) is 6.07. The average molecular weight is 406 g/mol. The molecule has 0 saturated carbocycles. The molecule has 5 nitrogen and oxygen atoms in total. The first kappa shape index (κ1) is 20.6. The fraction of sp³-hybridized carbons (Fsp3) is 0.440. The quantitative estimate of drug-likeness (QED) is 0.558. The first-order valence-corrected chi connectivity index (χ1v) is 10.9. The van der Waals surface area contributed by atoms with Gasteiger partial charge >= 0.3 is 5.97 Å². The molecular formula is C25H31N3O2. The number of nitrogens with zero attached hydrogens (tertiary/aromatic N) is 3. The van der Waals surface area contributed by atoms with E-state index >= 15 is 0 Å². The predicted octanol–water partition coefficient (Wildman–Crippen LogP) is 4.71. The van der Waals surface area contributed by atoms with E-state index in [0.717, 1.165) is 23.7 Å². The van der Waals surface area contributed by atoms with Crippen molar-refractivity contribution in [1.82, 2.24) is 14.5 Å². The van der Waals surface area contributed by atoms with Crippen molar-refractivity contribution in [2.75, 3.05) is 26.7 Å². The number of esters is 1. The van der Waals surface area contributed by atoms with Crippen molar-refractivity contribution in [3.8, 4) is 0 Å². The van der Waals surface area contributed by atoms with Crippen LogP contribution in [0.4, 0.5) is 0 Å². The number of fused-ring (bicyclic) bond motifs is 1. The minimum atomic E-state index is -0.307. The number of piperidine rings is 1. The maximum absolute atomic E-state index is 11.6. The summed E-state index contributed by atoms with van der Waals surface area (Å²) < 4.78 is 6.97. The fourth-order valence-corrected chi connectivity index (χ4v) is 4.60. The van der Waals surface area contributed by atoms with E-state index < -0.39 is 0 Å². The van der Waals surface area contributed by atoms with Crippen LogP contribution in [0.1, 0.15) is 54.1 Å². The second-order valence-electron chi connectivity index (χ2n) is 8.74. The van der Waals surface area contributed by atoms with Crippen molar-refractivity contribution in [2.45, 2.75) is 39.2 Å². The van der Waals surface area contributed by atoms with Gasteiger partial charge in [0, 0.05) is 30.9 Å². The largest absolute Gasteiger partial charge is 0.465 e. The standard InChI is InChI=1S/C25H31N3O2/c1-18(2)16-27-13-9-20(10-14-27)22-8-12-26-24-23(22)11-15-28(24)17-19-4-6-21(7-5-19)25(29)30-3/h4-8,11-12,15,18,20H,9-10,13-14,16-17H2,1-3H3. The number of methoxy groups -OCH3 is 1. The molecule has 0 amide bonds. The molecule has 1 fully saturated rings. The Hall–Kier alpha value is -2.66. The lowest BCUT2D eigenvalue weighted by Gasteiger charge is -2.33. The van der Waals surface area contributed by atoms with E-state index in [9.17, 15) is 4.79 Å². The Balaban J connectivity index is 1.50. The van der Waals surface area contributed by atoms with Gasteiger partial charge in [-0.25, -0.2) is 9.78 Å². The van der Waals surface area contributed by atoms with Crippen LogP contribution in [-0.2, 0) is 11.3 Å². The lowest BCUT2D eigenvalue weighted by molar-refractivity contribution is 0.0600. The summed E-state index contributed by atoms with van der Waals surface area (Å²) in [6.07, 6.45) is 6.51. The molecule has 1 aromatic carbocycles. The third kappa shape index (κ3) is 4.41. The summed E-state index contributed by atoms with van der Waals surface area (Å²) in [7, 11) is 1.40.